The summed E-state index contributed by atoms with van der Waals surface area (Å²) in [7, 11) is 0. The minimum atomic E-state index is -0.369. The summed E-state index contributed by atoms with van der Waals surface area (Å²) in [6, 6.07) is 3.27. The fraction of sp³-hybridized carbons (Fsp3) is 0.167. The lowest BCUT2D eigenvalue weighted by atomic mass is 10.0. The van der Waals surface area contributed by atoms with Crippen molar-refractivity contribution in [2.45, 2.75) is 13.3 Å². The highest BCUT2D eigenvalue weighted by Gasteiger charge is 2.18. The molecule has 3 aromatic heterocycles. The molecule has 1 aliphatic rings. The topological polar surface area (TPSA) is 94.2 Å². The van der Waals surface area contributed by atoms with Crippen molar-refractivity contribution in [2.24, 2.45) is 5.92 Å². The highest BCUT2D eigenvalue weighted by Crippen LogP contribution is 2.23. The molecule has 1 unspecified atom stereocenters. The Bertz CT molecular complexity index is 1060. The van der Waals surface area contributed by atoms with Gasteiger partial charge in [0.15, 0.2) is 11.9 Å². The van der Waals surface area contributed by atoms with E-state index in [1.807, 2.05) is 12.2 Å². The number of aldehydes is 1. The minimum Gasteiger partial charge on any atom is -0.306 e. The predicted octanol–water partition coefficient (Wildman–Crippen LogP) is 2.43. The number of nitrogens with one attached hydrogen (secondary N) is 1. The standard InChI is InChI=1S/C18H16N6O2/c1-12-3-5-14(6-4-12)24-16(9-13(11-25)22-24)21-18(26)15-10-20-23-8-2-7-19-17(15)23/h2-3,5-12H,4H2,1H3,(H,21,26). The average Bonchev–Trinajstić information content (AvgIpc) is 3.26. The molecule has 0 saturated carbocycles. The molecule has 0 fully saturated rings. The van der Waals surface area contributed by atoms with Crippen molar-refractivity contribution in [3.05, 3.63) is 60.2 Å². The molecule has 130 valence electrons. The van der Waals surface area contributed by atoms with Crippen molar-refractivity contribution in [3.8, 4) is 0 Å². The summed E-state index contributed by atoms with van der Waals surface area (Å²) in [5, 5.41) is 11.2. The Labute approximate surface area is 148 Å². The maximum Gasteiger partial charge on any atom is 0.262 e. The van der Waals surface area contributed by atoms with Crippen LogP contribution in [0.4, 0.5) is 5.82 Å². The predicted molar refractivity (Wildman–Crippen MR) is 95.7 cm³/mol. The molecule has 1 amide bonds. The molecular weight excluding hydrogens is 332 g/mol. The number of carbonyl (C=O) groups excluding carboxylic acids is 2. The number of fused-ring (bicyclic) bond motifs is 1. The highest BCUT2D eigenvalue weighted by molar-refractivity contribution is 6.08. The molecule has 0 saturated heterocycles. The van der Waals surface area contributed by atoms with Crippen molar-refractivity contribution in [2.75, 3.05) is 5.32 Å². The van der Waals surface area contributed by atoms with Crippen LogP contribution >= 0.6 is 0 Å². The van der Waals surface area contributed by atoms with Crippen LogP contribution in [0, 0.1) is 5.92 Å². The van der Waals surface area contributed by atoms with Crippen LogP contribution in [-0.2, 0) is 0 Å². The number of allylic oxidation sites excluding steroid dienone is 4. The van der Waals surface area contributed by atoms with E-state index in [0.29, 0.717) is 29.2 Å². The zero-order valence-corrected chi connectivity index (χ0v) is 14.0. The average molecular weight is 348 g/mol. The van der Waals surface area contributed by atoms with E-state index in [1.165, 1.54) is 16.8 Å². The zero-order valence-electron chi connectivity index (χ0n) is 14.0. The fourth-order valence-electron chi connectivity index (χ4n) is 2.79. The van der Waals surface area contributed by atoms with Crippen LogP contribution < -0.4 is 5.32 Å². The molecule has 4 rings (SSSR count). The molecule has 8 nitrogen and oxygen atoms in total. The van der Waals surface area contributed by atoms with Gasteiger partial charge >= 0.3 is 0 Å². The van der Waals surface area contributed by atoms with Crippen LogP contribution in [0.15, 0.2) is 49.0 Å². The molecule has 1 aliphatic carbocycles. The van der Waals surface area contributed by atoms with E-state index in [-0.39, 0.29) is 11.6 Å². The molecule has 0 bridgehead atoms. The second-order valence-corrected chi connectivity index (χ2v) is 6.09. The SMILES string of the molecule is CC1C=CC(n2nc(C=O)cc2NC(=O)c2cnn3cccnc23)=CC1. The van der Waals surface area contributed by atoms with Gasteiger partial charge in [-0.05, 0) is 24.5 Å². The first-order chi connectivity index (χ1) is 12.7. The van der Waals surface area contributed by atoms with Crippen LogP contribution in [0.2, 0.25) is 0 Å². The molecule has 1 N–H and O–H groups in total. The zero-order chi connectivity index (χ0) is 18.1. The Morgan fingerprint density at radius 1 is 1.42 bits per heavy atom. The Hall–Kier alpha value is -3.55. The van der Waals surface area contributed by atoms with Crippen molar-refractivity contribution < 1.29 is 9.59 Å². The van der Waals surface area contributed by atoms with Gasteiger partial charge in [0.1, 0.15) is 17.1 Å². The molecule has 0 aliphatic heterocycles. The fourth-order valence-corrected chi connectivity index (χ4v) is 2.79. The van der Waals surface area contributed by atoms with Gasteiger partial charge < -0.3 is 5.32 Å². The van der Waals surface area contributed by atoms with Gasteiger partial charge in [-0.3, -0.25) is 9.59 Å². The number of aromatic nitrogens is 5. The van der Waals surface area contributed by atoms with E-state index < -0.39 is 0 Å². The van der Waals surface area contributed by atoms with Gasteiger partial charge in [0, 0.05) is 18.5 Å². The van der Waals surface area contributed by atoms with E-state index in [2.05, 4.69) is 33.5 Å². The summed E-state index contributed by atoms with van der Waals surface area (Å²) in [6.45, 7) is 2.12. The van der Waals surface area contributed by atoms with E-state index >= 15 is 0 Å². The molecule has 26 heavy (non-hydrogen) atoms. The van der Waals surface area contributed by atoms with Crippen LogP contribution in [0.25, 0.3) is 11.3 Å². The lowest BCUT2D eigenvalue weighted by molar-refractivity contribution is 0.102. The number of amides is 1. The first-order valence-electron chi connectivity index (χ1n) is 8.19. The summed E-state index contributed by atoms with van der Waals surface area (Å²) in [4.78, 5) is 28.0. The van der Waals surface area contributed by atoms with Crippen LogP contribution in [0.5, 0.6) is 0 Å². The number of rotatable bonds is 4. The van der Waals surface area contributed by atoms with Gasteiger partial charge in [0.25, 0.3) is 5.91 Å². The van der Waals surface area contributed by atoms with Gasteiger partial charge in [-0.25, -0.2) is 14.2 Å². The number of carbonyl (C=O) groups is 2. The lowest BCUT2D eigenvalue weighted by Crippen LogP contribution is -2.16. The van der Waals surface area contributed by atoms with Crippen molar-refractivity contribution >= 4 is 29.4 Å². The molecule has 8 heteroatoms. The summed E-state index contributed by atoms with van der Waals surface area (Å²) >= 11 is 0. The first-order valence-corrected chi connectivity index (χ1v) is 8.19. The molecule has 1 atom stereocenters. The van der Waals surface area contributed by atoms with Crippen LogP contribution in [0.3, 0.4) is 0 Å². The quantitative estimate of drug-likeness (QED) is 0.731. The van der Waals surface area contributed by atoms with Gasteiger partial charge in [-0.2, -0.15) is 10.2 Å². The number of nitrogens with zero attached hydrogens (tertiary/aromatic N) is 5. The first kappa shape index (κ1) is 15.9. The lowest BCUT2D eigenvalue weighted by Gasteiger charge is -2.14. The Kier molecular flexibility index (Phi) is 3.92. The van der Waals surface area contributed by atoms with Crippen molar-refractivity contribution in [3.63, 3.8) is 0 Å². The number of hydrogen-bond acceptors (Lipinski definition) is 5. The van der Waals surface area contributed by atoms with Crippen LogP contribution in [-0.4, -0.2) is 36.6 Å². The molecule has 0 radical (unpaired) electrons. The molecule has 3 heterocycles. The molecule has 3 aromatic rings. The maximum absolute atomic E-state index is 12.7. The highest BCUT2D eigenvalue weighted by atomic mass is 16.2. The van der Waals surface area contributed by atoms with E-state index in [4.69, 9.17) is 0 Å². The summed E-state index contributed by atoms with van der Waals surface area (Å²) in [5.74, 6) is 0.492. The Morgan fingerprint density at radius 3 is 3.08 bits per heavy atom. The molecule has 0 aromatic carbocycles. The second kappa shape index (κ2) is 6.40. The number of hydrogen-bond donors (Lipinski definition) is 1. The molecule has 0 spiro atoms. The third-order valence-electron chi connectivity index (χ3n) is 4.15. The normalized spacial score (nSPS) is 16.5. The monoisotopic (exact) mass is 348 g/mol. The van der Waals surface area contributed by atoms with E-state index in [1.54, 1.807) is 23.1 Å². The Balaban J connectivity index is 1.68. The summed E-state index contributed by atoms with van der Waals surface area (Å²) < 4.78 is 3.08. The second-order valence-electron chi connectivity index (χ2n) is 6.09. The van der Waals surface area contributed by atoms with E-state index in [0.717, 1.165) is 12.1 Å². The van der Waals surface area contributed by atoms with Gasteiger partial charge in [0.2, 0.25) is 0 Å². The van der Waals surface area contributed by atoms with Gasteiger partial charge in [-0.15, -0.1) is 0 Å². The maximum atomic E-state index is 12.7. The third-order valence-corrected chi connectivity index (χ3v) is 4.15. The minimum absolute atomic E-state index is 0.242. The van der Waals surface area contributed by atoms with Crippen LogP contribution in [0.1, 0.15) is 34.2 Å². The Morgan fingerprint density at radius 2 is 2.31 bits per heavy atom. The van der Waals surface area contributed by atoms with E-state index in [9.17, 15) is 9.59 Å². The number of anilines is 1. The summed E-state index contributed by atoms with van der Waals surface area (Å²) in [5.41, 5.74) is 1.85. The van der Waals surface area contributed by atoms with Gasteiger partial charge in [0.05, 0.1) is 11.9 Å². The molecular formula is C18H16N6O2. The summed E-state index contributed by atoms with van der Waals surface area (Å²) in [6.07, 6.45) is 12.3. The third kappa shape index (κ3) is 2.81. The largest absolute Gasteiger partial charge is 0.306 e. The van der Waals surface area contributed by atoms with Crippen molar-refractivity contribution in [1.82, 2.24) is 24.4 Å². The smallest absolute Gasteiger partial charge is 0.262 e. The van der Waals surface area contributed by atoms with Crippen molar-refractivity contribution in [1.29, 1.82) is 0 Å². The van der Waals surface area contributed by atoms with Gasteiger partial charge in [-0.1, -0.05) is 19.1 Å².